The van der Waals surface area contributed by atoms with Crippen molar-refractivity contribution in [3.63, 3.8) is 0 Å². The van der Waals surface area contributed by atoms with E-state index in [4.69, 9.17) is 5.11 Å². The SMILES string of the molecule is CCCCC(O)CCC(O)C(=O)C(=O)CCCCCC(=O)O. The van der Waals surface area contributed by atoms with Gasteiger partial charge in [-0.15, -0.1) is 0 Å². The van der Waals surface area contributed by atoms with Gasteiger partial charge in [0.1, 0.15) is 6.10 Å². The van der Waals surface area contributed by atoms with Crippen LogP contribution < -0.4 is 0 Å². The van der Waals surface area contributed by atoms with Crippen molar-refractivity contribution in [1.82, 2.24) is 0 Å². The highest BCUT2D eigenvalue weighted by Gasteiger charge is 2.23. The summed E-state index contributed by atoms with van der Waals surface area (Å²) in [7, 11) is 0. The number of carboxylic acids is 1. The highest BCUT2D eigenvalue weighted by atomic mass is 16.4. The molecular formula is C16H28O6. The molecule has 6 heteroatoms. The maximum Gasteiger partial charge on any atom is 0.303 e. The first kappa shape index (κ1) is 20.7. The number of aliphatic hydroxyl groups excluding tert-OH is 2. The maximum atomic E-state index is 11.7. The second kappa shape index (κ2) is 12.3. The molecule has 22 heavy (non-hydrogen) atoms. The van der Waals surface area contributed by atoms with Crippen molar-refractivity contribution >= 4 is 17.5 Å². The van der Waals surface area contributed by atoms with E-state index in [9.17, 15) is 24.6 Å². The molecule has 0 amide bonds. The van der Waals surface area contributed by atoms with Crippen LogP contribution in [0.2, 0.25) is 0 Å². The molecule has 0 fully saturated rings. The first-order valence-electron chi connectivity index (χ1n) is 8.03. The molecule has 2 unspecified atom stereocenters. The van der Waals surface area contributed by atoms with E-state index in [0.717, 1.165) is 12.8 Å². The summed E-state index contributed by atoms with van der Waals surface area (Å²) in [5.41, 5.74) is 0. The summed E-state index contributed by atoms with van der Waals surface area (Å²) in [6.45, 7) is 2.01. The lowest BCUT2D eigenvalue weighted by Crippen LogP contribution is -2.29. The molecule has 0 aliphatic rings. The average molecular weight is 316 g/mol. The molecule has 0 saturated heterocycles. The van der Waals surface area contributed by atoms with Gasteiger partial charge in [0.25, 0.3) is 0 Å². The molecule has 0 bridgehead atoms. The van der Waals surface area contributed by atoms with Crippen LogP contribution in [0.5, 0.6) is 0 Å². The van der Waals surface area contributed by atoms with Crippen molar-refractivity contribution in [1.29, 1.82) is 0 Å². The fourth-order valence-corrected chi connectivity index (χ4v) is 2.11. The van der Waals surface area contributed by atoms with Gasteiger partial charge in [0.05, 0.1) is 6.10 Å². The smallest absolute Gasteiger partial charge is 0.303 e. The summed E-state index contributed by atoms with van der Waals surface area (Å²) in [6, 6.07) is 0. The van der Waals surface area contributed by atoms with Gasteiger partial charge in [-0.25, -0.2) is 0 Å². The Morgan fingerprint density at radius 1 is 0.864 bits per heavy atom. The van der Waals surface area contributed by atoms with Gasteiger partial charge in [-0.1, -0.05) is 26.2 Å². The number of carbonyl (C=O) groups excluding carboxylic acids is 2. The molecule has 0 spiro atoms. The van der Waals surface area contributed by atoms with E-state index >= 15 is 0 Å². The minimum atomic E-state index is -1.34. The van der Waals surface area contributed by atoms with Gasteiger partial charge in [0.2, 0.25) is 11.6 Å². The third-order valence-electron chi connectivity index (χ3n) is 3.54. The summed E-state index contributed by atoms with van der Waals surface area (Å²) in [4.78, 5) is 33.6. The number of aliphatic hydroxyl groups is 2. The Balaban J connectivity index is 3.86. The first-order valence-corrected chi connectivity index (χ1v) is 8.03. The van der Waals surface area contributed by atoms with Crippen LogP contribution >= 0.6 is 0 Å². The Kier molecular flexibility index (Phi) is 11.6. The molecule has 0 aromatic heterocycles. The molecule has 2 atom stereocenters. The molecular weight excluding hydrogens is 288 g/mol. The number of carboxylic acid groups (broad SMARTS) is 1. The first-order chi connectivity index (χ1) is 10.4. The molecule has 0 radical (unpaired) electrons. The molecule has 0 heterocycles. The zero-order valence-electron chi connectivity index (χ0n) is 13.3. The van der Waals surface area contributed by atoms with Crippen LogP contribution in [0.15, 0.2) is 0 Å². The number of aliphatic carboxylic acids is 1. The number of ketones is 2. The summed E-state index contributed by atoms with van der Waals surface area (Å²) in [5, 5.41) is 27.8. The number of unbranched alkanes of at least 4 members (excludes halogenated alkanes) is 3. The van der Waals surface area contributed by atoms with Crippen LogP contribution in [-0.4, -0.2) is 45.1 Å². The van der Waals surface area contributed by atoms with Crippen molar-refractivity contribution in [2.75, 3.05) is 0 Å². The zero-order chi connectivity index (χ0) is 17.0. The van der Waals surface area contributed by atoms with E-state index in [1.54, 1.807) is 0 Å². The second-order valence-electron chi connectivity index (χ2n) is 5.63. The molecule has 3 N–H and O–H groups in total. The van der Waals surface area contributed by atoms with Gasteiger partial charge in [0.15, 0.2) is 0 Å². The monoisotopic (exact) mass is 316 g/mol. The highest BCUT2D eigenvalue weighted by molar-refractivity contribution is 6.38. The number of rotatable bonds is 14. The standard InChI is InChI=1S/C16H28O6/c1-2-3-7-12(17)10-11-14(19)16(22)13(18)8-5-4-6-9-15(20)21/h12,14,17,19H,2-11H2,1H3,(H,20,21). The van der Waals surface area contributed by atoms with E-state index in [1.807, 2.05) is 6.92 Å². The predicted molar refractivity (Wildman–Crippen MR) is 81.5 cm³/mol. The number of hydrogen-bond donors (Lipinski definition) is 3. The van der Waals surface area contributed by atoms with E-state index in [0.29, 0.717) is 32.1 Å². The van der Waals surface area contributed by atoms with Crippen LogP contribution in [-0.2, 0) is 14.4 Å². The Hall–Kier alpha value is -1.27. The summed E-state index contributed by atoms with van der Waals surface area (Å²) < 4.78 is 0. The van der Waals surface area contributed by atoms with Crippen LogP contribution in [0, 0.1) is 0 Å². The number of Topliss-reactive ketones (excluding diaryl/α,β-unsaturated/α-hetero) is 2. The van der Waals surface area contributed by atoms with E-state index in [1.165, 1.54) is 0 Å². The minimum absolute atomic E-state index is 0.0356. The average Bonchev–Trinajstić information content (AvgIpc) is 2.48. The molecule has 0 aromatic carbocycles. The highest BCUT2D eigenvalue weighted by Crippen LogP contribution is 2.11. The van der Waals surface area contributed by atoms with Gasteiger partial charge in [-0.05, 0) is 32.1 Å². The van der Waals surface area contributed by atoms with Gasteiger partial charge in [-0.3, -0.25) is 14.4 Å². The fourth-order valence-electron chi connectivity index (χ4n) is 2.11. The molecule has 128 valence electrons. The Bertz CT molecular complexity index is 353. The third-order valence-corrected chi connectivity index (χ3v) is 3.54. The second-order valence-corrected chi connectivity index (χ2v) is 5.63. The Labute approximate surface area is 131 Å². The van der Waals surface area contributed by atoms with E-state index < -0.39 is 29.7 Å². The number of hydrogen-bond acceptors (Lipinski definition) is 5. The topological polar surface area (TPSA) is 112 Å². The molecule has 6 nitrogen and oxygen atoms in total. The molecule has 0 rings (SSSR count). The maximum absolute atomic E-state index is 11.7. The van der Waals surface area contributed by atoms with Crippen molar-refractivity contribution in [3.05, 3.63) is 0 Å². The van der Waals surface area contributed by atoms with Crippen LogP contribution in [0.3, 0.4) is 0 Å². The number of carbonyl (C=O) groups is 3. The lowest BCUT2D eigenvalue weighted by molar-refractivity contribution is -0.142. The van der Waals surface area contributed by atoms with Gasteiger partial charge < -0.3 is 15.3 Å². The van der Waals surface area contributed by atoms with Crippen LogP contribution in [0.1, 0.15) is 71.1 Å². The summed E-state index contributed by atoms with van der Waals surface area (Å²) in [5.74, 6) is -2.30. The van der Waals surface area contributed by atoms with Crippen LogP contribution in [0.4, 0.5) is 0 Å². The Morgan fingerprint density at radius 2 is 1.50 bits per heavy atom. The van der Waals surface area contributed by atoms with E-state index in [-0.39, 0.29) is 19.3 Å². The van der Waals surface area contributed by atoms with Crippen LogP contribution in [0.25, 0.3) is 0 Å². The fraction of sp³-hybridized carbons (Fsp3) is 0.812. The van der Waals surface area contributed by atoms with Gasteiger partial charge in [0, 0.05) is 12.8 Å². The van der Waals surface area contributed by atoms with Gasteiger partial charge >= 0.3 is 5.97 Å². The van der Waals surface area contributed by atoms with Crippen molar-refractivity contribution in [3.8, 4) is 0 Å². The normalized spacial score (nSPS) is 13.6. The largest absolute Gasteiger partial charge is 0.481 e. The van der Waals surface area contributed by atoms with Crippen molar-refractivity contribution < 1.29 is 29.7 Å². The minimum Gasteiger partial charge on any atom is -0.481 e. The Morgan fingerprint density at radius 3 is 2.09 bits per heavy atom. The summed E-state index contributed by atoms with van der Waals surface area (Å²) in [6.07, 6.45) is 2.58. The van der Waals surface area contributed by atoms with E-state index in [2.05, 4.69) is 0 Å². The van der Waals surface area contributed by atoms with Gasteiger partial charge in [-0.2, -0.15) is 0 Å². The zero-order valence-corrected chi connectivity index (χ0v) is 13.3. The van der Waals surface area contributed by atoms with Crippen molar-refractivity contribution in [2.24, 2.45) is 0 Å². The molecule has 0 aliphatic carbocycles. The lowest BCUT2D eigenvalue weighted by atomic mass is 9.99. The molecule has 0 saturated carbocycles. The predicted octanol–water partition coefficient (Wildman–Crippen LogP) is 1.85. The molecule has 0 aromatic rings. The quantitative estimate of drug-likeness (QED) is 0.333. The summed E-state index contributed by atoms with van der Waals surface area (Å²) >= 11 is 0. The molecule has 0 aliphatic heterocycles. The third kappa shape index (κ3) is 10.5. The van der Waals surface area contributed by atoms with Crippen molar-refractivity contribution in [2.45, 2.75) is 83.3 Å². The lowest BCUT2D eigenvalue weighted by Gasteiger charge is -2.12.